The molecule has 0 aromatic rings. The van der Waals surface area contributed by atoms with Crippen LogP contribution in [0, 0.1) is 6.92 Å². The first-order valence-electron chi connectivity index (χ1n) is 3.63. The molecule has 67 valence electrons. The highest BCUT2D eigenvalue weighted by atomic mass is 28.3. The van der Waals surface area contributed by atoms with E-state index in [0.717, 1.165) is 0 Å². The molecule has 11 heavy (non-hydrogen) atoms. The van der Waals surface area contributed by atoms with Gasteiger partial charge in [0.2, 0.25) is 0 Å². The Kier molecular flexibility index (Phi) is 3.61. The van der Waals surface area contributed by atoms with Crippen LogP contribution in [0.5, 0.6) is 0 Å². The van der Waals surface area contributed by atoms with E-state index in [1.807, 2.05) is 13.1 Å². The molecule has 0 atom stereocenters. The molecule has 0 aliphatic rings. The summed E-state index contributed by atoms with van der Waals surface area (Å²) in [6.07, 6.45) is -4.62. The van der Waals surface area contributed by atoms with Crippen molar-refractivity contribution in [3.63, 3.8) is 0 Å². The highest BCUT2D eigenvalue weighted by Crippen LogP contribution is 2.27. The second-order valence-electron chi connectivity index (χ2n) is 3.53. The Morgan fingerprint density at radius 2 is 1.73 bits per heavy atom. The van der Waals surface area contributed by atoms with Crippen LogP contribution >= 0.6 is 0 Å². The van der Waals surface area contributed by atoms with Crippen molar-refractivity contribution in [1.29, 1.82) is 0 Å². The third-order valence-electron chi connectivity index (χ3n) is 1.76. The van der Waals surface area contributed by atoms with Gasteiger partial charge in [-0.1, -0.05) is 26.1 Å². The Morgan fingerprint density at radius 3 is 2.00 bits per heavy atom. The minimum Gasteiger partial charge on any atom is -0.171 e. The van der Waals surface area contributed by atoms with E-state index in [4.69, 9.17) is 0 Å². The second kappa shape index (κ2) is 3.60. The Balaban J connectivity index is 3.70. The zero-order valence-electron chi connectivity index (χ0n) is 6.96. The average Bonchev–Trinajstić information content (AvgIpc) is 1.83. The Bertz CT molecular complexity index is 117. The summed E-state index contributed by atoms with van der Waals surface area (Å²) < 4.78 is 35.2. The predicted octanol–water partition coefficient (Wildman–Crippen LogP) is 3.48. The summed E-state index contributed by atoms with van der Waals surface area (Å²) in [4.78, 5) is 0. The third-order valence-corrected chi connectivity index (χ3v) is 4.72. The minimum atomic E-state index is -3.99. The molecule has 0 rings (SSSR count). The summed E-state index contributed by atoms with van der Waals surface area (Å²) in [7, 11) is -1.62. The normalized spacial score (nSPS) is 13.6. The number of rotatable bonds is 3. The number of hydrogen-bond donors (Lipinski definition) is 0. The monoisotopic (exact) mass is 183 g/mol. The van der Waals surface area contributed by atoms with Crippen molar-refractivity contribution in [1.82, 2.24) is 0 Å². The van der Waals surface area contributed by atoms with Crippen molar-refractivity contribution in [2.75, 3.05) is 0 Å². The molecule has 0 nitrogen and oxygen atoms in total. The first-order valence-corrected chi connectivity index (χ1v) is 7.04. The molecule has 0 aliphatic carbocycles. The molecule has 0 amide bonds. The molecular formula is C7H14F3Si. The second-order valence-corrected chi connectivity index (χ2v) is 8.86. The lowest BCUT2D eigenvalue weighted by Crippen LogP contribution is -2.26. The van der Waals surface area contributed by atoms with Crippen LogP contribution in [0.15, 0.2) is 0 Å². The van der Waals surface area contributed by atoms with Gasteiger partial charge < -0.3 is 0 Å². The van der Waals surface area contributed by atoms with Gasteiger partial charge in [0.05, 0.1) is 0 Å². The first-order chi connectivity index (χ1) is 4.77. The molecule has 1 radical (unpaired) electrons. The van der Waals surface area contributed by atoms with E-state index in [-0.39, 0.29) is 0 Å². The van der Waals surface area contributed by atoms with Crippen LogP contribution in [0.3, 0.4) is 0 Å². The lowest BCUT2D eigenvalue weighted by Gasteiger charge is -2.20. The third kappa shape index (κ3) is 6.41. The summed E-state index contributed by atoms with van der Waals surface area (Å²) in [5, 5.41) is 0. The summed E-state index contributed by atoms with van der Waals surface area (Å²) in [6, 6.07) is 0.989. The molecule has 0 N–H and O–H groups in total. The summed E-state index contributed by atoms with van der Waals surface area (Å²) in [6.45, 7) is 7.52. The molecule has 4 heteroatoms. The summed E-state index contributed by atoms with van der Waals surface area (Å²) >= 11 is 0. The molecule has 0 unspecified atom stereocenters. The van der Waals surface area contributed by atoms with Crippen molar-refractivity contribution in [3.05, 3.63) is 6.92 Å². The quantitative estimate of drug-likeness (QED) is 0.588. The van der Waals surface area contributed by atoms with Crippen LogP contribution in [0.4, 0.5) is 13.2 Å². The van der Waals surface area contributed by atoms with Gasteiger partial charge >= 0.3 is 6.18 Å². The highest BCUT2D eigenvalue weighted by Gasteiger charge is 2.30. The van der Waals surface area contributed by atoms with Crippen molar-refractivity contribution < 1.29 is 13.2 Å². The molecule has 0 fully saturated rings. The maximum atomic E-state index is 11.7. The van der Waals surface area contributed by atoms with Gasteiger partial charge in [-0.15, -0.1) is 0 Å². The van der Waals surface area contributed by atoms with E-state index < -0.39 is 20.7 Å². The Hall–Kier alpha value is 0.00688. The van der Waals surface area contributed by atoms with Gasteiger partial charge in [0, 0.05) is 14.5 Å². The maximum absolute atomic E-state index is 11.7. The lowest BCUT2D eigenvalue weighted by molar-refractivity contribution is -0.130. The fourth-order valence-electron chi connectivity index (χ4n) is 0.605. The van der Waals surface area contributed by atoms with Crippen LogP contribution in [0.25, 0.3) is 0 Å². The number of hydrogen-bond acceptors (Lipinski definition) is 0. The van der Waals surface area contributed by atoms with Crippen molar-refractivity contribution in [3.8, 4) is 0 Å². The molecule has 0 saturated heterocycles. The smallest absolute Gasteiger partial charge is 0.171 e. The molecule has 0 spiro atoms. The van der Waals surface area contributed by atoms with E-state index >= 15 is 0 Å². The van der Waals surface area contributed by atoms with Gasteiger partial charge in [-0.2, -0.15) is 13.2 Å². The summed E-state index contributed by atoms with van der Waals surface area (Å²) in [5.74, 6) is 0. The Labute approximate surface area is 66.8 Å². The molecule has 0 bridgehead atoms. The zero-order chi connectivity index (χ0) is 9.12. The summed E-state index contributed by atoms with van der Waals surface area (Å²) in [5.41, 5.74) is 0. The fraction of sp³-hybridized carbons (Fsp3) is 0.857. The fourth-order valence-corrected chi connectivity index (χ4v) is 1.82. The Morgan fingerprint density at radius 1 is 1.27 bits per heavy atom. The van der Waals surface area contributed by atoms with Gasteiger partial charge in [-0.3, -0.25) is 0 Å². The van der Waals surface area contributed by atoms with Crippen LogP contribution in [-0.4, -0.2) is 14.3 Å². The highest BCUT2D eigenvalue weighted by molar-refractivity contribution is 6.77. The van der Waals surface area contributed by atoms with E-state index in [1.165, 1.54) is 0 Å². The maximum Gasteiger partial charge on any atom is 0.388 e. The van der Waals surface area contributed by atoms with Crippen LogP contribution in [0.1, 0.15) is 6.42 Å². The average molecular weight is 183 g/mol. The SMILES string of the molecule is [CH2]C[Si](C)(C)CCC(F)(F)F. The lowest BCUT2D eigenvalue weighted by atomic mass is 10.5. The largest absolute Gasteiger partial charge is 0.388 e. The van der Waals surface area contributed by atoms with E-state index in [1.54, 1.807) is 0 Å². The van der Waals surface area contributed by atoms with Gasteiger partial charge in [0.25, 0.3) is 0 Å². The predicted molar refractivity (Wildman–Crippen MR) is 43.1 cm³/mol. The van der Waals surface area contributed by atoms with Crippen LogP contribution in [0.2, 0.25) is 25.2 Å². The molecule has 0 aliphatic heterocycles. The van der Waals surface area contributed by atoms with Gasteiger partial charge in [0.15, 0.2) is 0 Å². The topological polar surface area (TPSA) is 0 Å². The van der Waals surface area contributed by atoms with Gasteiger partial charge in [-0.25, -0.2) is 0 Å². The number of halogens is 3. The molecule has 0 heterocycles. The minimum absolute atomic E-state index is 0.306. The first kappa shape index (κ1) is 11.0. The molecule has 0 aromatic heterocycles. The van der Waals surface area contributed by atoms with Crippen LogP contribution in [-0.2, 0) is 0 Å². The standard InChI is InChI=1S/C7H14F3Si/c1-4-11(2,3)6-5-7(8,9)10/h1,4-6H2,2-3H3. The van der Waals surface area contributed by atoms with Gasteiger partial charge in [-0.05, 0) is 6.04 Å². The number of alkyl halides is 3. The molecule has 0 saturated carbocycles. The zero-order valence-corrected chi connectivity index (χ0v) is 7.96. The van der Waals surface area contributed by atoms with E-state index in [9.17, 15) is 13.2 Å². The van der Waals surface area contributed by atoms with Gasteiger partial charge in [0.1, 0.15) is 0 Å². The molecular weight excluding hydrogens is 169 g/mol. The molecule has 0 aromatic carbocycles. The van der Waals surface area contributed by atoms with Crippen molar-refractivity contribution >= 4 is 8.07 Å². The van der Waals surface area contributed by atoms with E-state index in [2.05, 4.69) is 6.92 Å². The van der Waals surface area contributed by atoms with E-state index in [0.29, 0.717) is 12.1 Å². The van der Waals surface area contributed by atoms with Crippen molar-refractivity contribution in [2.24, 2.45) is 0 Å². The van der Waals surface area contributed by atoms with Crippen LogP contribution < -0.4 is 0 Å². The van der Waals surface area contributed by atoms with Crippen molar-refractivity contribution in [2.45, 2.75) is 37.8 Å².